The van der Waals surface area contributed by atoms with E-state index in [9.17, 15) is 8.42 Å². The number of aromatic nitrogens is 2. The highest BCUT2D eigenvalue weighted by molar-refractivity contribution is 7.89. The van der Waals surface area contributed by atoms with Crippen LogP contribution in [0.5, 0.6) is 0 Å². The standard InChI is InChI=1S/C13H25N5O2S/c1-17(2)13(5-3-6-13)11-16-21(19,20)12-9-15-18(10-12)8-4-7-14/h9-10,16H,3-8,11,14H2,1-2H3. The number of hydrogen-bond donors (Lipinski definition) is 2. The molecule has 0 aliphatic heterocycles. The summed E-state index contributed by atoms with van der Waals surface area (Å²) in [5, 5.41) is 4.07. The summed E-state index contributed by atoms with van der Waals surface area (Å²) in [7, 11) is 0.498. The second kappa shape index (κ2) is 6.43. The minimum absolute atomic E-state index is 0.0391. The van der Waals surface area contributed by atoms with Gasteiger partial charge in [0, 0.05) is 24.8 Å². The molecule has 0 saturated heterocycles. The summed E-state index contributed by atoms with van der Waals surface area (Å²) in [6.45, 7) is 1.63. The highest BCUT2D eigenvalue weighted by Crippen LogP contribution is 2.35. The molecule has 0 amide bonds. The van der Waals surface area contributed by atoms with Crippen LogP contribution >= 0.6 is 0 Å². The molecule has 0 bridgehead atoms. The molecule has 0 spiro atoms. The van der Waals surface area contributed by atoms with E-state index in [0.29, 0.717) is 19.6 Å². The molecular formula is C13H25N5O2S. The maximum absolute atomic E-state index is 12.3. The molecule has 2 rings (SSSR count). The molecule has 0 atom stereocenters. The van der Waals surface area contributed by atoms with E-state index in [1.807, 2.05) is 14.1 Å². The van der Waals surface area contributed by atoms with Crippen LogP contribution in [0.15, 0.2) is 17.3 Å². The molecule has 120 valence electrons. The van der Waals surface area contributed by atoms with Crippen LogP contribution in [0, 0.1) is 0 Å². The molecule has 0 unspecified atom stereocenters. The average molecular weight is 315 g/mol. The molecule has 1 aromatic rings. The highest BCUT2D eigenvalue weighted by Gasteiger charge is 2.39. The number of aryl methyl sites for hydroxylation is 1. The van der Waals surface area contributed by atoms with E-state index < -0.39 is 10.0 Å². The molecule has 8 heteroatoms. The van der Waals surface area contributed by atoms with Crippen LogP contribution in [0.2, 0.25) is 0 Å². The van der Waals surface area contributed by atoms with Gasteiger partial charge in [0.2, 0.25) is 10.0 Å². The van der Waals surface area contributed by atoms with E-state index in [2.05, 4.69) is 14.7 Å². The molecule has 0 aromatic carbocycles. The van der Waals surface area contributed by atoms with Gasteiger partial charge in [0.1, 0.15) is 4.90 Å². The molecule has 1 aliphatic rings. The van der Waals surface area contributed by atoms with Gasteiger partial charge in [0.25, 0.3) is 0 Å². The Balaban J connectivity index is 2.00. The minimum atomic E-state index is -3.50. The van der Waals surface area contributed by atoms with Crippen molar-refractivity contribution in [3.05, 3.63) is 12.4 Å². The van der Waals surface area contributed by atoms with Crippen LogP contribution in [0.1, 0.15) is 25.7 Å². The lowest BCUT2D eigenvalue weighted by atomic mass is 9.76. The molecule has 7 nitrogen and oxygen atoms in total. The number of nitrogens with zero attached hydrogens (tertiary/aromatic N) is 3. The predicted molar refractivity (Wildman–Crippen MR) is 81.4 cm³/mol. The Hall–Kier alpha value is -0.960. The Morgan fingerprint density at radius 1 is 1.48 bits per heavy atom. The number of nitrogens with one attached hydrogen (secondary N) is 1. The largest absolute Gasteiger partial charge is 0.330 e. The van der Waals surface area contributed by atoms with Gasteiger partial charge in [-0.2, -0.15) is 5.10 Å². The van der Waals surface area contributed by atoms with E-state index in [1.54, 1.807) is 10.9 Å². The minimum Gasteiger partial charge on any atom is -0.330 e. The lowest BCUT2D eigenvalue weighted by Crippen LogP contribution is -2.57. The number of sulfonamides is 1. The van der Waals surface area contributed by atoms with Crippen molar-refractivity contribution in [2.24, 2.45) is 5.73 Å². The van der Waals surface area contributed by atoms with Crippen LogP contribution in [0.25, 0.3) is 0 Å². The topological polar surface area (TPSA) is 93.2 Å². The normalized spacial score (nSPS) is 17.9. The van der Waals surface area contributed by atoms with Gasteiger partial charge in [-0.3, -0.25) is 4.68 Å². The third-order valence-corrected chi connectivity index (χ3v) is 5.69. The van der Waals surface area contributed by atoms with Crippen LogP contribution < -0.4 is 10.5 Å². The fourth-order valence-corrected chi connectivity index (χ4v) is 3.61. The quantitative estimate of drug-likeness (QED) is 0.704. The molecule has 1 saturated carbocycles. The smallest absolute Gasteiger partial charge is 0.243 e. The summed E-state index contributed by atoms with van der Waals surface area (Å²) in [5.41, 5.74) is 5.40. The first kappa shape index (κ1) is 16.4. The van der Waals surface area contributed by atoms with E-state index in [1.165, 1.54) is 6.20 Å². The van der Waals surface area contributed by atoms with Crippen molar-refractivity contribution in [2.75, 3.05) is 27.2 Å². The monoisotopic (exact) mass is 315 g/mol. The zero-order chi connectivity index (χ0) is 15.5. The molecule has 0 radical (unpaired) electrons. The van der Waals surface area contributed by atoms with Crippen molar-refractivity contribution in [2.45, 2.75) is 42.7 Å². The summed E-state index contributed by atoms with van der Waals surface area (Å²) < 4.78 is 29.0. The van der Waals surface area contributed by atoms with Gasteiger partial charge in [-0.1, -0.05) is 0 Å². The van der Waals surface area contributed by atoms with E-state index in [0.717, 1.165) is 25.7 Å². The summed E-state index contributed by atoms with van der Waals surface area (Å²) in [6, 6.07) is 0. The number of nitrogens with two attached hydrogens (primary N) is 1. The van der Waals surface area contributed by atoms with Gasteiger partial charge >= 0.3 is 0 Å². The Bertz CT molecular complexity index is 563. The van der Waals surface area contributed by atoms with Crippen LogP contribution in [-0.2, 0) is 16.6 Å². The average Bonchev–Trinajstić information content (AvgIpc) is 2.84. The summed E-state index contributed by atoms with van der Waals surface area (Å²) in [4.78, 5) is 2.33. The second-order valence-electron chi connectivity index (χ2n) is 5.88. The molecule has 1 heterocycles. The van der Waals surface area contributed by atoms with E-state index in [4.69, 9.17) is 5.73 Å². The second-order valence-corrected chi connectivity index (χ2v) is 7.65. The first-order chi connectivity index (χ1) is 9.89. The Labute approximate surface area is 126 Å². The fraction of sp³-hybridized carbons (Fsp3) is 0.769. The molecule has 1 aliphatic carbocycles. The summed E-state index contributed by atoms with van der Waals surface area (Å²) >= 11 is 0. The first-order valence-electron chi connectivity index (χ1n) is 7.29. The van der Waals surface area contributed by atoms with E-state index >= 15 is 0 Å². The molecule has 3 N–H and O–H groups in total. The zero-order valence-electron chi connectivity index (χ0n) is 12.7. The van der Waals surface area contributed by atoms with Gasteiger partial charge in [-0.15, -0.1) is 0 Å². The SMILES string of the molecule is CN(C)C1(CNS(=O)(=O)c2cnn(CCCN)c2)CCC1. The van der Waals surface area contributed by atoms with Crippen molar-refractivity contribution in [3.8, 4) is 0 Å². The number of likely N-dealkylation sites (N-methyl/N-ethyl adjacent to an activating group) is 1. The number of rotatable bonds is 8. The van der Waals surface area contributed by atoms with Crippen molar-refractivity contribution in [1.29, 1.82) is 0 Å². The van der Waals surface area contributed by atoms with Crippen molar-refractivity contribution in [3.63, 3.8) is 0 Å². The molecule has 21 heavy (non-hydrogen) atoms. The Morgan fingerprint density at radius 3 is 2.71 bits per heavy atom. The van der Waals surface area contributed by atoms with Crippen molar-refractivity contribution >= 4 is 10.0 Å². The third-order valence-electron chi connectivity index (χ3n) is 4.34. The first-order valence-corrected chi connectivity index (χ1v) is 8.78. The van der Waals surface area contributed by atoms with Crippen molar-refractivity contribution < 1.29 is 8.42 Å². The zero-order valence-corrected chi connectivity index (χ0v) is 13.6. The van der Waals surface area contributed by atoms with Crippen molar-refractivity contribution in [1.82, 2.24) is 19.4 Å². The molecule has 1 fully saturated rings. The summed E-state index contributed by atoms with van der Waals surface area (Å²) in [6.07, 6.45) is 6.93. The van der Waals surface area contributed by atoms with Crippen LogP contribution in [-0.4, -0.2) is 55.8 Å². The van der Waals surface area contributed by atoms with Gasteiger partial charge in [-0.25, -0.2) is 13.1 Å². The van der Waals surface area contributed by atoms with Crippen LogP contribution in [0.4, 0.5) is 0 Å². The van der Waals surface area contributed by atoms with E-state index in [-0.39, 0.29) is 10.4 Å². The number of hydrogen-bond acceptors (Lipinski definition) is 5. The lowest BCUT2D eigenvalue weighted by molar-refractivity contribution is 0.0657. The highest BCUT2D eigenvalue weighted by atomic mass is 32.2. The molecular weight excluding hydrogens is 290 g/mol. The van der Waals surface area contributed by atoms with Gasteiger partial charge in [0.05, 0.1) is 6.20 Å². The van der Waals surface area contributed by atoms with Gasteiger partial charge < -0.3 is 10.6 Å². The fourth-order valence-electron chi connectivity index (χ4n) is 2.54. The maximum Gasteiger partial charge on any atom is 0.243 e. The van der Waals surface area contributed by atoms with Gasteiger partial charge in [-0.05, 0) is 46.3 Å². The maximum atomic E-state index is 12.3. The lowest BCUT2D eigenvalue weighted by Gasteiger charge is -2.47. The third kappa shape index (κ3) is 3.63. The Morgan fingerprint density at radius 2 is 2.19 bits per heavy atom. The molecule has 1 aromatic heterocycles. The van der Waals surface area contributed by atoms with Crippen LogP contribution in [0.3, 0.4) is 0 Å². The summed E-state index contributed by atoms with van der Waals surface area (Å²) in [5.74, 6) is 0. The predicted octanol–water partition coefficient (Wildman–Crippen LogP) is -0.00550. The Kier molecular flexibility index (Phi) is 5.03. The van der Waals surface area contributed by atoms with Gasteiger partial charge in [0.15, 0.2) is 0 Å².